The van der Waals surface area contributed by atoms with E-state index in [4.69, 9.17) is 0 Å². The summed E-state index contributed by atoms with van der Waals surface area (Å²) in [7, 11) is 0. The van der Waals surface area contributed by atoms with Gasteiger partial charge in [-0.1, -0.05) is 69.2 Å². The van der Waals surface area contributed by atoms with Crippen LogP contribution in [0.4, 0.5) is 0 Å². The van der Waals surface area contributed by atoms with E-state index in [0.29, 0.717) is 17.9 Å². The summed E-state index contributed by atoms with van der Waals surface area (Å²) in [5.41, 5.74) is 1.25. The number of nitrogens with one attached hydrogen (secondary N) is 1. The van der Waals surface area contributed by atoms with Gasteiger partial charge in [-0.3, -0.25) is 14.6 Å². The average Bonchev–Trinajstić information content (AvgIpc) is 2.72. The van der Waals surface area contributed by atoms with Crippen LogP contribution in [0, 0.1) is 11.8 Å². The van der Waals surface area contributed by atoms with Gasteiger partial charge in [0.1, 0.15) is 0 Å². The zero-order valence-electron chi connectivity index (χ0n) is 17.8. The quantitative estimate of drug-likeness (QED) is 0.814. The molecule has 154 valence electrons. The second-order valence-corrected chi connectivity index (χ2v) is 8.71. The topological polar surface area (TPSA) is 35.6 Å². The van der Waals surface area contributed by atoms with Crippen molar-refractivity contribution in [2.24, 2.45) is 11.8 Å². The molecular formula is C24H37N3O. The Kier molecular flexibility index (Phi) is 7.69. The zero-order chi connectivity index (χ0) is 19.9. The molecule has 0 radical (unpaired) electrons. The summed E-state index contributed by atoms with van der Waals surface area (Å²) in [5.74, 6) is 1.50. The largest absolute Gasteiger partial charge is 0.352 e. The second kappa shape index (κ2) is 10.2. The minimum atomic E-state index is -0.0357. The Morgan fingerprint density at radius 2 is 1.86 bits per heavy atom. The van der Waals surface area contributed by atoms with Crippen LogP contribution in [0.3, 0.4) is 0 Å². The highest BCUT2D eigenvalue weighted by Gasteiger charge is 2.31. The van der Waals surface area contributed by atoms with E-state index in [1.54, 1.807) is 0 Å². The lowest BCUT2D eigenvalue weighted by molar-refractivity contribution is -0.128. The molecule has 28 heavy (non-hydrogen) atoms. The number of piperazine rings is 1. The number of amides is 1. The maximum atomic E-state index is 12.8. The van der Waals surface area contributed by atoms with Crippen LogP contribution in [0.2, 0.25) is 0 Å². The van der Waals surface area contributed by atoms with Gasteiger partial charge in [-0.25, -0.2) is 0 Å². The lowest BCUT2D eigenvalue weighted by Gasteiger charge is -2.39. The third-order valence-electron chi connectivity index (χ3n) is 6.84. The van der Waals surface area contributed by atoms with Gasteiger partial charge in [-0.2, -0.15) is 0 Å². The van der Waals surface area contributed by atoms with Gasteiger partial charge in [0.15, 0.2) is 0 Å². The maximum Gasteiger partial charge on any atom is 0.237 e. The van der Waals surface area contributed by atoms with Crippen molar-refractivity contribution >= 4 is 12.0 Å². The minimum absolute atomic E-state index is 0.0357. The molecule has 1 aliphatic carbocycles. The van der Waals surface area contributed by atoms with Crippen molar-refractivity contribution in [1.29, 1.82) is 0 Å². The Labute approximate surface area is 171 Å². The van der Waals surface area contributed by atoms with Crippen LogP contribution >= 0.6 is 0 Å². The van der Waals surface area contributed by atoms with Crippen molar-refractivity contribution in [3.63, 3.8) is 0 Å². The number of carbonyl (C=O) groups is 1. The lowest BCUT2D eigenvalue weighted by atomic mass is 9.78. The molecule has 0 aromatic heterocycles. The fraction of sp³-hybridized carbons (Fsp3) is 0.625. The lowest BCUT2D eigenvalue weighted by Crippen LogP contribution is -2.56. The number of hydrogen-bond acceptors (Lipinski definition) is 3. The number of benzene rings is 1. The predicted octanol–water partition coefficient (Wildman–Crippen LogP) is 3.65. The molecular weight excluding hydrogens is 346 g/mol. The molecule has 1 amide bonds. The number of carbonyl (C=O) groups excluding carboxylic acids is 1. The molecule has 3 rings (SSSR count). The van der Waals surface area contributed by atoms with Gasteiger partial charge in [0.2, 0.25) is 5.91 Å². The highest BCUT2D eigenvalue weighted by atomic mass is 16.2. The van der Waals surface area contributed by atoms with Crippen LogP contribution in [0.5, 0.6) is 0 Å². The molecule has 1 heterocycles. The van der Waals surface area contributed by atoms with Crippen molar-refractivity contribution in [3.05, 3.63) is 42.0 Å². The normalized spacial score (nSPS) is 28.3. The van der Waals surface area contributed by atoms with Gasteiger partial charge in [-0.05, 0) is 30.7 Å². The van der Waals surface area contributed by atoms with Gasteiger partial charge in [0.25, 0.3) is 0 Å². The molecule has 0 unspecified atom stereocenters. The number of hydrogen-bond donors (Lipinski definition) is 1. The highest BCUT2D eigenvalue weighted by Crippen LogP contribution is 2.29. The summed E-state index contributed by atoms with van der Waals surface area (Å²) in [6.07, 6.45) is 8.09. The first-order valence-corrected chi connectivity index (χ1v) is 11.0. The summed E-state index contributed by atoms with van der Waals surface area (Å²) in [4.78, 5) is 17.6. The highest BCUT2D eigenvalue weighted by molar-refractivity contribution is 5.81. The van der Waals surface area contributed by atoms with Gasteiger partial charge < -0.3 is 5.32 Å². The fourth-order valence-electron chi connectivity index (χ4n) is 4.49. The van der Waals surface area contributed by atoms with Crippen LogP contribution in [0.1, 0.15) is 45.6 Å². The minimum Gasteiger partial charge on any atom is -0.352 e. The predicted molar refractivity (Wildman–Crippen MR) is 117 cm³/mol. The maximum absolute atomic E-state index is 12.8. The van der Waals surface area contributed by atoms with Crippen LogP contribution in [0.15, 0.2) is 36.4 Å². The van der Waals surface area contributed by atoms with Crippen LogP contribution in [-0.2, 0) is 4.79 Å². The first-order chi connectivity index (χ1) is 13.5. The van der Waals surface area contributed by atoms with E-state index >= 15 is 0 Å². The van der Waals surface area contributed by atoms with Gasteiger partial charge in [0.05, 0.1) is 6.04 Å². The molecule has 4 atom stereocenters. The summed E-state index contributed by atoms with van der Waals surface area (Å²) in [6.45, 7) is 11.6. The van der Waals surface area contributed by atoms with Gasteiger partial charge in [-0.15, -0.1) is 0 Å². The molecule has 0 bridgehead atoms. The van der Waals surface area contributed by atoms with Gasteiger partial charge >= 0.3 is 0 Å². The van der Waals surface area contributed by atoms with E-state index in [2.05, 4.69) is 72.3 Å². The molecule has 2 aliphatic rings. The smallest absolute Gasteiger partial charge is 0.237 e. The molecule has 1 aromatic rings. The summed E-state index contributed by atoms with van der Waals surface area (Å²) in [6, 6.07) is 10.8. The molecule has 4 heteroatoms. The van der Waals surface area contributed by atoms with E-state index in [1.807, 2.05) is 6.07 Å². The number of nitrogens with zero attached hydrogens (tertiary/aromatic N) is 2. The summed E-state index contributed by atoms with van der Waals surface area (Å²) in [5, 5.41) is 3.35. The van der Waals surface area contributed by atoms with E-state index in [9.17, 15) is 4.79 Å². The van der Waals surface area contributed by atoms with Crippen molar-refractivity contribution < 1.29 is 4.79 Å². The molecule has 0 spiro atoms. The van der Waals surface area contributed by atoms with E-state index in [-0.39, 0.29) is 11.9 Å². The third kappa shape index (κ3) is 5.68. The molecule has 1 saturated carbocycles. The Balaban J connectivity index is 1.41. The Bertz CT molecular complexity index is 637. The zero-order valence-corrected chi connectivity index (χ0v) is 17.8. The first kappa shape index (κ1) is 21.1. The summed E-state index contributed by atoms with van der Waals surface area (Å²) >= 11 is 0. The fourth-order valence-corrected chi connectivity index (χ4v) is 4.49. The molecule has 1 saturated heterocycles. The van der Waals surface area contributed by atoms with E-state index in [0.717, 1.165) is 39.1 Å². The van der Waals surface area contributed by atoms with Crippen molar-refractivity contribution in [3.8, 4) is 0 Å². The monoisotopic (exact) mass is 383 g/mol. The molecule has 1 aliphatic heterocycles. The molecule has 1 N–H and O–H groups in total. The molecule has 4 nitrogen and oxygen atoms in total. The first-order valence-electron chi connectivity index (χ1n) is 11.0. The Hall–Kier alpha value is -1.65. The Morgan fingerprint density at radius 1 is 1.14 bits per heavy atom. The summed E-state index contributed by atoms with van der Waals surface area (Å²) < 4.78 is 0. The average molecular weight is 384 g/mol. The van der Waals surface area contributed by atoms with Crippen LogP contribution < -0.4 is 5.32 Å². The SMILES string of the molecule is C[C@@H]1[C@H](C)CCC[C@@H]1NC(=O)[C@@H](C)N1CCN(C/C=C/c2ccccc2)CC1. The Morgan fingerprint density at radius 3 is 2.57 bits per heavy atom. The van der Waals surface area contributed by atoms with Crippen LogP contribution in [0.25, 0.3) is 6.08 Å². The van der Waals surface area contributed by atoms with E-state index < -0.39 is 0 Å². The van der Waals surface area contributed by atoms with Crippen molar-refractivity contribution in [2.45, 2.75) is 52.1 Å². The van der Waals surface area contributed by atoms with Crippen molar-refractivity contribution in [1.82, 2.24) is 15.1 Å². The second-order valence-electron chi connectivity index (χ2n) is 8.71. The van der Waals surface area contributed by atoms with Crippen LogP contribution in [-0.4, -0.2) is 60.5 Å². The van der Waals surface area contributed by atoms with Gasteiger partial charge in [0, 0.05) is 38.8 Å². The third-order valence-corrected chi connectivity index (χ3v) is 6.84. The standard InChI is InChI=1S/C24H37N3O/c1-19-9-7-13-23(20(19)2)25-24(28)21(3)27-17-15-26(16-18-27)14-8-12-22-10-5-4-6-11-22/h4-6,8,10-12,19-21,23H,7,9,13-18H2,1-3H3,(H,25,28)/b12-8+/t19-,20-,21-,23+/m1/s1. The van der Waals surface area contributed by atoms with E-state index in [1.165, 1.54) is 18.4 Å². The molecule has 1 aromatic carbocycles. The number of rotatable bonds is 6. The van der Waals surface area contributed by atoms with Crippen molar-refractivity contribution in [2.75, 3.05) is 32.7 Å². The molecule has 2 fully saturated rings.